The monoisotopic (exact) mass is 388 g/mol. The van der Waals surface area contributed by atoms with E-state index in [2.05, 4.69) is 10.0 Å². The highest BCUT2D eigenvalue weighted by molar-refractivity contribution is 7.89. The Morgan fingerprint density at radius 2 is 1.71 bits per heavy atom. The third-order valence-electron chi connectivity index (χ3n) is 2.98. The molecule has 0 bridgehead atoms. The van der Waals surface area contributed by atoms with Crippen molar-refractivity contribution in [3.05, 3.63) is 52.5 Å². The van der Waals surface area contributed by atoms with E-state index in [0.717, 1.165) is 0 Å². The number of rotatable bonds is 6. The molecule has 0 radical (unpaired) electrons. The van der Waals surface area contributed by atoms with Crippen LogP contribution >= 0.6 is 23.2 Å². The fourth-order valence-electron chi connectivity index (χ4n) is 1.83. The lowest BCUT2D eigenvalue weighted by atomic mass is 10.3. The Labute approximate surface area is 149 Å². The van der Waals surface area contributed by atoms with Crippen LogP contribution in [0.5, 0.6) is 5.75 Å². The first-order valence-corrected chi connectivity index (χ1v) is 8.94. The van der Waals surface area contributed by atoms with Crippen molar-refractivity contribution in [2.75, 3.05) is 19.0 Å². The Hall–Kier alpha value is -1.80. The zero-order chi connectivity index (χ0) is 17.7. The molecule has 6 nitrogen and oxygen atoms in total. The Kier molecular flexibility index (Phi) is 6.06. The molecular formula is C15H14Cl2N2O4S. The third-order valence-corrected chi connectivity index (χ3v) is 4.89. The number of methoxy groups -OCH3 is 1. The first-order chi connectivity index (χ1) is 11.3. The highest BCUT2D eigenvalue weighted by Gasteiger charge is 2.16. The summed E-state index contributed by atoms with van der Waals surface area (Å²) in [4.78, 5) is 12.0. The first kappa shape index (κ1) is 18.5. The Bertz CT molecular complexity index is 839. The molecule has 0 unspecified atom stereocenters. The van der Waals surface area contributed by atoms with Gasteiger partial charge in [-0.25, -0.2) is 13.1 Å². The molecule has 0 saturated carbocycles. The van der Waals surface area contributed by atoms with E-state index in [1.807, 2.05) is 0 Å². The van der Waals surface area contributed by atoms with Gasteiger partial charge in [0.15, 0.2) is 0 Å². The Morgan fingerprint density at radius 3 is 2.33 bits per heavy atom. The molecule has 2 aromatic rings. The summed E-state index contributed by atoms with van der Waals surface area (Å²) >= 11 is 11.6. The van der Waals surface area contributed by atoms with Gasteiger partial charge in [-0.1, -0.05) is 23.2 Å². The number of benzene rings is 2. The van der Waals surface area contributed by atoms with Crippen molar-refractivity contribution in [2.45, 2.75) is 4.90 Å². The summed E-state index contributed by atoms with van der Waals surface area (Å²) in [6.07, 6.45) is 0. The zero-order valence-corrected chi connectivity index (χ0v) is 14.9. The predicted molar refractivity (Wildman–Crippen MR) is 93.3 cm³/mol. The van der Waals surface area contributed by atoms with Gasteiger partial charge in [0, 0.05) is 10.0 Å². The fraction of sp³-hybridized carbons (Fsp3) is 0.133. The molecule has 0 aliphatic rings. The van der Waals surface area contributed by atoms with Crippen LogP contribution in [0.15, 0.2) is 47.4 Å². The van der Waals surface area contributed by atoms with Crippen molar-refractivity contribution in [1.82, 2.24) is 4.72 Å². The van der Waals surface area contributed by atoms with Crippen molar-refractivity contribution in [3.8, 4) is 5.75 Å². The van der Waals surface area contributed by atoms with Gasteiger partial charge in [0.1, 0.15) is 5.75 Å². The van der Waals surface area contributed by atoms with Gasteiger partial charge in [-0.3, -0.25) is 4.79 Å². The maximum Gasteiger partial charge on any atom is 0.241 e. The standard InChI is InChI=1S/C15H14Cl2N2O4S/c1-23-14-7-4-11(17)8-13(14)19-15(20)9-18-24(21,22)12-5-2-10(16)3-6-12/h2-8,18H,9H2,1H3,(H,19,20). The number of hydrogen-bond donors (Lipinski definition) is 2. The van der Waals surface area contributed by atoms with Crippen molar-refractivity contribution in [2.24, 2.45) is 0 Å². The van der Waals surface area contributed by atoms with E-state index in [9.17, 15) is 13.2 Å². The second kappa shape index (κ2) is 7.85. The number of anilines is 1. The van der Waals surface area contributed by atoms with Crippen molar-refractivity contribution >= 4 is 44.8 Å². The van der Waals surface area contributed by atoms with Crippen LogP contribution in [-0.2, 0) is 14.8 Å². The van der Waals surface area contributed by atoms with Gasteiger partial charge in [-0.15, -0.1) is 0 Å². The number of carbonyl (C=O) groups is 1. The van der Waals surface area contributed by atoms with Crippen LogP contribution in [0.3, 0.4) is 0 Å². The molecule has 0 aromatic heterocycles. The average molecular weight is 389 g/mol. The number of amides is 1. The quantitative estimate of drug-likeness (QED) is 0.796. The normalized spacial score (nSPS) is 11.1. The minimum atomic E-state index is -3.82. The Balaban J connectivity index is 2.03. The second-order valence-electron chi connectivity index (χ2n) is 4.67. The number of halogens is 2. The predicted octanol–water partition coefficient (Wildman–Crippen LogP) is 2.92. The van der Waals surface area contributed by atoms with Crippen LogP contribution in [0.25, 0.3) is 0 Å². The molecule has 0 saturated heterocycles. The molecule has 2 rings (SSSR count). The summed E-state index contributed by atoms with van der Waals surface area (Å²) in [7, 11) is -2.37. The minimum Gasteiger partial charge on any atom is -0.495 e. The fourth-order valence-corrected chi connectivity index (χ4v) is 3.11. The molecule has 0 fully saturated rings. The molecule has 24 heavy (non-hydrogen) atoms. The smallest absolute Gasteiger partial charge is 0.241 e. The van der Waals surface area contributed by atoms with E-state index in [4.69, 9.17) is 27.9 Å². The average Bonchev–Trinajstić information content (AvgIpc) is 2.54. The summed E-state index contributed by atoms with van der Waals surface area (Å²) in [5.41, 5.74) is 0.348. The highest BCUT2D eigenvalue weighted by Crippen LogP contribution is 2.27. The molecule has 1 amide bonds. The molecule has 9 heteroatoms. The summed E-state index contributed by atoms with van der Waals surface area (Å²) in [6, 6.07) is 10.3. The molecule has 128 valence electrons. The van der Waals surface area contributed by atoms with Crippen molar-refractivity contribution < 1.29 is 17.9 Å². The van der Waals surface area contributed by atoms with Crippen LogP contribution in [0.4, 0.5) is 5.69 Å². The summed E-state index contributed by atoms with van der Waals surface area (Å²) in [6.45, 7) is -0.444. The third kappa shape index (κ3) is 4.85. The van der Waals surface area contributed by atoms with Gasteiger partial charge in [0.05, 0.1) is 24.2 Å². The minimum absolute atomic E-state index is 0.0139. The number of nitrogens with one attached hydrogen (secondary N) is 2. The molecule has 0 aliphatic heterocycles. The maximum absolute atomic E-state index is 12.1. The lowest BCUT2D eigenvalue weighted by molar-refractivity contribution is -0.115. The summed E-state index contributed by atoms with van der Waals surface area (Å²) in [5, 5.41) is 3.37. The van der Waals surface area contributed by atoms with Crippen LogP contribution in [0.1, 0.15) is 0 Å². The van der Waals surface area contributed by atoms with Gasteiger partial charge in [-0.05, 0) is 42.5 Å². The molecule has 2 aromatic carbocycles. The molecule has 0 spiro atoms. The largest absolute Gasteiger partial charge is 0.495 e. The first-order valence-electron chi connectivity index (χ1n) is 6.70. The van der Waals surface area contributed by atoms with Crippen LogP contribution < -0.4 is 14.8 Å². The number of ether oxygens (including phenoxy) is 1. The van der Waals surface area contributed by atoms with Gasteiger partial charge in [0.2, 0.25) is 15.9 Å². The SMILES string of the molecule is COc1ccc(Cl)cc1NC(=O)CNS(=O)(=O)c1ccc(Cl)cc1. The van der Waals surface area contributed by atoms with E-state index in [1.165, 1.54) is 37.4 Å². The van der Waals surface area contributed by atoms with E-state index in [-0.39, 0.29) is 4.90 Å². The molecule has 0 aliphatic carbocycles. The summed E-state index contributed by atoms with van der Waals surface area (Å²) in [5.74, 6) is -0.151. The Morgan fingerprint density at radius 1 is 1.08 bits per heavy atom. The number of sulfonamides is 1. The van der Waals surface area contributed by atoms with Crippen molar-refractivity contribution in [1.29, 1.82) is 0 Å². The zero-order valence-electron chi connectivity index (χ0n) is 12.5. The molecule has 2 N–H and O–H groups in total. The molecule has 0 heterocycles. The highest BCUT2D eigenvalue weighted by atomic mass is 35.5. The van der Waals surface area contributed by atoms with E-state index in [0.29, 0.717) is 21.5 Å². The van der Waals surface area contributed by atoms with Gasteiger partial charge < -0.3 is 10.1 Å². The van der Waals surface area contributed by atoms with Gasteiger partial charge in [-0.2, -0.15) is 0 Å². The molecular weight excluding hydrogens is 375 g/mol. The van der Waals surface area contributed by atoms with Crippen LogP contribution in [-0.4, -0.2) is 28.0 Å². The lowest BCUT2D eigenvalue weighted by Crippen LogP contribution is -2.33. The lowest BCUT2D eigenvalue weighted by Gasteiger charge is -2.11. The number of carbonyl (C=O) groups excluding carboxylic acids is 1. The van der Waals surface area contributed by atoms with Gasteiger partial charge >= 0.3 is 0 Å². The van der Waals surface area contributed by atoms with Crippen LogP contribution in [0.2, 0.25) is 10.0 Å². The summed E-state index contributed by atoms with van der Waals surface area (Å²) < 4.78 is 31.5. The van der Waals surface area contributed by atoms with Gasteiger partial charge in [0.25, 0.3) is 0 Å². The topological polar surface area (TPSA) is 84.5 Å². The maximum atomic E-state index is 12.1. The van der Waals surface area contributed by atoms with E-state index in [1.54, 1.807) is 12.1 Å². The second-order valence-corrected chi connectivity index (χ2v) is 7.31. The van der Waals surface area contributed by atoms with Crippen LogP contribution in [0, 0.1) is 0 Å². The number of hydrogen-bond acceptors (Lipinski definition) is 4. The van der Waals surface area contributed by atoms with E-state index >= 15 is 0 Å². The molecule has 0 atom stereocenters. The van der Waals surface area contributed by atoms with E-state index < -0.39 is 22.5 Å². The van der Waals surface area contributed by atoms with Crippen molar-refractivity contribution in [3.63, 3.8) is 0 Å².